The van der Waals surface area contributed by atoms with Crippen molar-refractivity contribution >= 4 is 5.91 Å². The molecule has 0 saturated carbocycles. The molecule has 0 aliphatic heterocycles. The minimum Gasteiger partial charge on any atom is -0.508 e. The van der Waals surface area contributed by atoms with Gasteiger partial charge in [0.15, 0.2) is 0 Å². The molecule has 15 heavy (non-hydrogen) atoms. The van der Waals surface area contributed by atoms with Gasteiger partial charge in [-0.2, -0.15) is 0 Å². The Hall–Kier alpha value is -1.55. The van der Waals surface area contributed by atoms with Crippen molar-refractivity contribution in [2.24, 2.45) is 5.73 Å². The Balaban J connectivity index is 2.94. The lowest BCUT2D eigenvalue weighted by Gasteiger charge is -2.18. The van der Waals surface area contributed by atoms with E-state index in [-0.39, 0.29) is 11.8 Å². The number of hydrogen-bond donors (Lipinski definition) is 3. The van der Waals surface area contributed by atoms with Crippen molar-refractivity contribution in [2.75, 3.05) is 0 Å². The molecule has 4 heteroatoms. The molecule has 0 spiro atoms. The highest BCUT2D eigenvalue weighted by Crippen LogP contribution is 2.18. The van der Waals surface area contributed by atoms with Gasteiger partial charge in [-0.05, 0) is 31.5 Å². The van der Waals surface area contributed by atoms with Gasteiger partial charge in [0.2, 0.25) is 5.91 Å². The van der Waals surface area contributed by atoms with Gasteiger partial charge in [0, 0.05) is 6.04 Å². The van der Waals surface area contributed by atoms with Crippen LogP contribution in [0, 0.1) is 0 Å². The lowest BCUT2D eigenvalue weighted by Crippen LogP contribution is -2.37. The maximum absolute atomic E-state index is 11.2. The topological polar surface area (TPSA) is 75.3 Å². The molecule has 0 aliphatic carbocycles. The number of rotatable bonds is 4. The summed E-state index contributed by atoms with van der Waals surface area (Å²) in [6.45, 7) is 3.86. The van der Waals surface area contributed by atoms with Crippen LogP contribution in [-0.2, 0) is 4.79 Å². The third-order valence-corrected chi connectivity index (χ3v) is 1.99. The molecule has 0 saturated heterocycles. The standard InChI is InChI=1S/C11H16N2O2/c1-7(2)13-10(11(12)15)8-4-3-5-9(14)6-8/h3-7,10,13-14H,1-2H3,(H2,12,15). The molecule has 0 aromatic heterocycles. The van der Waals surface area contributed by atoms with Crippen molar-refractivity contribution in [2.45, 2.75) is 25.9 Å². The van der Waals surface area contributed by atoms with Crippen LogP contribution < -0.4 is 11.1 Å². The highest BCUT2D eigenvalue weighted by molar-refractivity contribution is 5.81. The van der Waals surface area contributed by atoms with Gasteiger partial charge in [0.05, 0.1) is 0 Å². The second kappa shape index (κ2) is 4.79. The fourth-order valence-corrected chi connectivity index (χ4v) is 1.38. The lowest BCUT2D eigenvalue weighted by molar-refractivity contribution is -0.120. The van der Waals surface area contributed by atoms with Crippen LogP contribution in [0.15, 0.2) is 24.3 Å². The number of carbonyl (C=O) groups is 1. The molecular formula is C11H16N2O2. The fourth-order valence-electron chi connectivity index (χ4n) is 1.38. The van der Waals surface area contributed by atoms with Crippen molar-refractivity contribution < 1.29 is 9.90 Å². The quantitative estimate of drug-likeness (QED) is 0.688. The van der Waals surface area contributed by atoms with Gasteiger partial charge in [-0.25, -0.2) is 0 Å². The number of amides is 1. The number of primary amides is 1. The Labute approximate surface area is 89.1 Å². The first kappa shape index (κ1) is 11.5. The number of aromatic hydroxyl groups is 1. The zero-order chi connectivity index (χ0) is 11.4. The average Bonchev–Trinajstić information content (AvgIpc) is 2.13. The summed E-state index contributed by atoms with van der Waals surface area (Å²) < 4.78 is 0. The zero-order valence-electron chi connectivity index (χ0n) is 8.90. The molecule has 0 fully saturated rings. The molecule has 4 nitrogen and oxygen atoms in total. The molecule has 1 atom stereocenters. The highest BCUT2D eigenvalue weighted by atomic mass is 16.3. The van der Waals surface area contributed by atoms with Gasteiger partial charge >= 0.3 is 0 Å². The molecule has 1 unspecified atom stereocenters. The summed E-state index contributed by atoms with van der Waals surface area (Å²) in [5, 5.41) is 12.3. The highest BCUT2D eigenvalue weighted by Gasteiger charge is 2.18. The van der Waals surface area contributed by atoms with Crippen LogP contribution in [0.4, 0.5) is 0 Å². The molecule has 1 rings (SSSR count). The van der Waals surface area contributed by atoms with E-state index in [0.717, 1.165) is 0 Å². The van der Waals surface area contributed by atoms with Crippen molar-refractivity contribution in [3.05, 3.63) is 29.8 Å². The van der Waals surface area contributed by atoms with E-state index in [9.17, 15) is 9.90 Å². The van der Waals surface area contributed by atoms with E-state index in [1.807, 2.05) is 13.8 Å². The fraction of sp³-hybridized carbons (Fsp3) is 0.364. The van der Waals surface area contributed by atoms with E-state index in [0.29, 0.717) is 5.56 Å². The maximum Gasteiger partial charge on any atom is 0.239 e. The third kappa shape index (κ3) is 3.25. The number of hydrogen-bond acceptors (Lipinski definition) is 3. The molecule has 1 amide bonds. The first-order valence-electron chi connectivity index (χ1n) is 4.85. The van der Waals surface area contributed by atoms with E-state index in [1.54, 1.807) is 18.2 Å². The molecule has 0 heterocycles. The summed E-state index contributed by atoms with van der Waals surface area (Å²) in [4.78, 5) is 11.2. The predicted molar refractivity (Wildman–Crippen MR) is 58.3 cm³/mol. The maximum atomic E-state index is 11.2. The van der Waals surface area contributed by atoms with Gasteiger partial charge in [0.25, 0.3) is 0 Å². The van der Waals surface area contributed by atoms with E-state index < -0.39 is 11.9 Å². The van der Waals surface area contributed by atoms with E-state index in [4.69, 9.17) is 5.73 Å². The molecule has 1 aromatic carbocycles. The van der Waals surface area contributed by atoms with Crippen molar-refractivity contribution in [1.82, 2.24) is 5.32 Å². The first-order chi connectivity index (χ1) is 7.00. The third-order valence-electron chi connectivity index (χ3n) is 1.99. The Morgan fingerprint density at radius 1 is 1.47 bits per heavy atom. The second-order valence-electron chi connectivity index (χ2n) is 3.75. The van der Waals surface area contributed by atoms with Gasteiger partial charge < -0.3 is 10.8 Å². The average molecular weight is 208 g/mol. The number of phenols is 1. The largest absolute Gasteiger partial charge is 0.508 e. The molecule has 0 bridgehead atoms. The van der Waals surface area contributed by atoms with Crippen LogP contribution in [0.25, 0.3) is 0 Å². The van der Waals surface area contributed by atoms with Crippen LogP contribution in [-0.4, -0.2) is 17.1 Å². The Morgan fingerprint density at radius 2 is 2.13 bits per heavy atom. The summed E-state index contributed by atoms with van der Waals surface area (Å²) in [5.41, 5.74) is 5.96. The number of nitrogens with two attached hydrogens (primary N) is 1. The minimum absolute atomic E-state index is 0.129. The normalized spacial score (nSPS) is 12.7. The van der Waals surface area contributed by atoms with Gasteiger partial charge in [-0.15, -0.1) is 0 Å². The van der Waals surface area contributed by atoms with Gasteiger partial charge in [0.1, 0.15) is 11.8 Å². The second-order valence-corrected chi connectivity index (χ2v) is 3.75. The van der Waals surface area contributed by atoms with E-state index in [1.165, 1.54) is 6.07 Å². The summed E-state index contributed by atoms with van der Waals surface area (Å²) in [5.74, 6) is -0.321. The minimum atomic E-state index is -0.558. The van der Waals surface area contributed by atoms with Crippen LogP contribution in [0.2, 0.25) is 0 Å². The number of nitrogens with one attached hydrogen (secondary N) is 1. The Morgan fingerprint density at radius 3 is 2.60 bits per heavy atom. The summed E-state index contributed by atoms with van der Waals surface area (Å²) >= 11 is 0. The van der Waals surface area contributed by atoms with Crippen LogP contribution in [0.5, 0.6) is 5.75 Å². The van der Waals surface area contributed by atoms with E-state index >= 15 is 0 Å². The van der Waals surface area contributed by atoms with Crippen LogP contribution in [0.1, 0.15) is 25.5 Å². The first-order valence-corrected chi connectivity index (χ1v) is 4.85. The summed E-state index contributed by atoms with van der Waals surface area (Å²) in [7, 11) is 0. The predicted octanol–water partition coefficient (Wildman–Crippen LogP) is 0.917. The van der Waals surface area contributed by atoms with Gasteiger partial charge in [-0.1, -0.05) is 12.1 Å². The molecule has 0 radical (unpaired) electrons. The summed E-state index contributed by atoms with van der Waals surface area (Å²) in [6.07, 6.45) is 0. The van der Waals surface area contributed by atoms with Crippen molar-refractivity contribution in [3.63, 3.8) is 0 Å². The van der Waals surface area contributed by atoms with Crippen molar-refractivity contribution in [3.8, 4) is 5.75 Å². The molecule has 4 N–H and O–H groups in total. The lowest BCUT2D eigenvalue weighted by atomic mass is 10.1. The number of phenolic OH excluding ortho intramolecular Hbond substituents is 1. The van der Waals surface area contributed by atoms with Crippen LogP contribution >= 0.6 is 0 Å². The Kier molecular flexibility index (Phi) is 3.68. The zero-order valence-corrected chi connectivity index (χ0v) is 8.90. The molecule has 1 aromatic rings. The van der Waals surface area contributed by atoms with Gasteiger partial charge in [-0.3, -0.25) is 10.1 Å². The smallest absolute Gasteiger partial charge is 0.239 e. The van der Waals surface area contributed by atoms with Crippen LogP contribution in [0.3, 0.4) is 0 Å². The molecule has 82 valence electrons. The summed E-state index contributed by atoms with van der Waals surface area (Å²) in [6, 6.07) is 6.11. The SMILES string of the molecule is CC(C)NC(C(N)=O)c1cccc(O)c1. The Bertz CT molecular complexity index is 350. The number of benzene rings is 1. The molecule has 0 aliphatic rings. The van der Waals surface area contributed by atoms with Crippen molar-refractivity contribution in [1.29, 1.82) is 0 Å². The number of carbonyl (C=O) groups excluding carboxylic acids is 1. The molecular weight excluding hydrogens is 192 g/mol. The monoisotopic (exact) mass is 208 g/mol. The van der Waals surface area contributed by atoms with E-state index in [2.05, 4.69) is 5.32 Å².